The van der Waals surface area contributed by atoms with Gasteiger partial charge in [0.1, 0.15) is 11.9 Å². The number of anilines is 1. The largest absolute Gasteiger partial charge is 0.368 e. The van der Waals surface area contributed by atoms with Crippen molar-refractivity contribution < 1.29 is 13.2 Å². The Morgan fingerprint density at radius 3 is 2.81 bits per heavy atom. The Balaban J connectivity index is 1.97. The molecule has 0 fully saturated rings. The van der Waals surface area contributed by atoms with Crippen LogP contribution in [0.3, 0.4) is 0 Å². The number of pyridine rings is 1. The van der Waals surface area contributed by atoms with Gasteiger partial charge in [0.25, 0.3) is 5.91 Å². The van der Waals surface area contributed by atoms with E-state index in [1.54, 1.807) is 12.1 Å². The van der Waals surface area contributed by atoms with Gasteiger partial charge >= 0.3 is 0 Å². The molecule has 1 heterocycles. The van der Waals surface area contributed by atoms with Crippen LogP contribution in [0.5, 0.6) is 0 Å². The highest BCUT2D eigenvalue weighted by Crippen LogP contribution is 2.12. The smallest absolute Gasteiger partial charge is 0.251 e. The summed E-state index contributed by atoms with van der Waals surface area (Å²) in [5, 5.41) is 14.5. The molecule has 140 valence electrons. The highest BCUT2D eigenvalue weighted by molar-refractivity contribution is 7.89. The Morgan fingerprint density at radius 1 is 1.26 bits per heavy atom. The average molecular weight is 385 g/mol. The van der Waals surface area contributed by atoms with Crippen LogP contribution in [0.2, 0.25) is 0 Å². The number of hydrogen-bond donors (Lipinski definition) is 3. The predicted octanol–water partition coefficient (Wildman–Crippen LogP) is 1.26. The maximum absolute atomic E-state index is 12.4. The zero-order valence-corrected chi connectivity index (χ0v) is 15.3. The van der Waals surface area contributed by atoms with Crippen molar-refractivity contribution in [1.82, 2.24) is 15.0 Å². The molecule has 0 spiro atoms. The minimum absolute atomic E-state index is 0.00990. The Morgan fingerprint density at radius 2 is 2.07 bits per heavy atom. The van der Waals surface area contributed by atoms with Crippen molar-refractivity contribution in [2.45, 2.75) is 4.90 Å². The molecule has 0 saturated carbocycles. The second-order valence-electron chi connectivity index (χ2n) is 5.36. The summed E-state index contributed by atoms with van der Waals surface area (Å²) in [6.45, 7) is 4.12. The van der Waals surface area contributed by atoms with Crippen molar-refractivity contribution in [2.75, 3.05) is 25.0 Å². The molecule has 0 atom stereocenters. The molecule has 3 N–H and O–H groups in total. The zero-order chi connectivity index (χ0) is 19.7. The molecule has 8 nitrogen and oxygen atoms in total. The number of amides is 1. The molecule has 0 aliphatic heterocycles. The van der Waals surface area contributed by atoms with Gasteiger partial charge in [0.15, 0.2) is 0 Å². The zero-order valence-electron chi connectivity index (χ0n) is 14.5. The fraction of sp³-hybridized carbons (Fsp3) is 0.167. The van der Waals surface area contributed by atoms with Gasteiger partial charge in [-0.3, -0.25) is 4.79 Å². The van der Waals surface area contributed by atoms with Crippen molar-refractivity contribution in [3.8, 4) is 6.07 Å². The number of benzene rings is 1. The lowest BCUT2D eigenvalue weighted by Gasteiger charge is -2.10. The molecule has 1 aromatic carbocycles. The van der Waals surface area contributed by atoms with E-state index in [4.69, 9.17) is 5.26 Å². The second-order valence-corrected chi connectivity index (χ2v) is 7.13. The lowest BCUT2D eigenvalue weighted by Crippen LogP contribution is -2.29. The van der Waals surface area contributed by atoms with Crippen LogP contribution in [0, 0.1) is 11.3 Å². The molecule has 0 bridgehead atoms. The standard InChI is InChI=1S/C18H19N5O3S/c1-2-8-22-18(24)14-5-3-7-16(12-14)27(25,26)23-11-10-21-17-15(13-19)6-4-9-20-17/h2-7,9,12,23H,1,8,10-11H2,(H,20,21)(H,22,24). The van der Waals surface area contributed by atoms with E-state index in [1.807, 2.05) is 6.07 Å². The minimum Gasteiger partial charge on any atom is -0.368 e. The molecule has 0 radical (unpaired) electrons. The maximum Gasteiger partial charge on any atom is 0.251 e. The number of hydrogen-bond acceptors (Lipinski definition) is 6. The number of carbonyl (C=O) groups excluding carboxylic acids is 1. The van der Waals surface area contributed by atoms with E-state index in [0.29, 0.717) is 11.4 Å². The molecule has 0 aliphatic carbocycles. The van der Waals surface area contributed by atoms with Crippen LogP contribution < -0.4 is 15.4 Å². The third kappa shape index (κ3) is 5.64. The molecule has 27 heavy (non-hydrogen) atoms. The van der Waals surface area contributed by atoms with Crippen LogP contribution >= 0.6 is 0 Å². The number of nitriles is 1. The lowest BCUT2D eigenvalue weighted by atomic mass is 10.2. The fourth-order valence-electron chi connectivity index (χ4n) is 2.16. The molecular weight excluding hydrogens is 366 g/mol. The summed E-state index contributed by atoms with van der Waals surface area (Å²) < 4.78 is 27.2. The summed E-state index contributed by atoms with van der Waals surface area (Å²) in [5.74, 6) is 0.00730. The van der Waals surface area contributed by atoms with Crippen molar-refractivity contribution in [1.29, 1.82) is 5.26 Å². The molecule has 1 amide bonds. The Bertz CT molecular complexity index is 967. The van der Waals surface area contributed by atoms with E-state index in [2.05, 4.69) is 26.9 Å². The third-order valence-electron chi connectivity index (χ3n) is 3.45. The van der Waals surface area contributed by atoms with Gasteiger partial charge in [-0.25, -0.2) is 18.1 Å². The monoisotopic (exact) mass is 385 g/mol. The minimum atomic E-state index is -3.78. The SMILES string of the molecule is C=CCNC(=O)c1cccc(S(=O)(=O)NCCNc2ncccc2C#N)c1. The summed E-state index contributed by atoms with van der Waals surface area (Å²) in [5.41, 5.74) is 0.614. The second kappa shape index (κ2) is 9.47. The van der Waals surface area contributed by atoms with Gasteiger partial charge < -0.3 is 10.6 Å². The molecule has 9 heteroatoms. The summed E-state index contributed by atoms with van der Waals surface area (Å²) in [6.07, 6.45) is 3.07. The van der Waals surface area contributed by atoms with Crippen LogP contribution in [0.25, 0.3) is 0 Å². The van der Waals surface area contributed by atoms with Crippen LogP contribution in [0.4, 0.5) is 5.82 Å². The number of nitrogens with zero attached hydrogens (tertiary/aromatic N) is 2. The number of sulfonamides is 1. The van der Waals surface area contributed by atoms with Crippen molar-refractivity contribution in [2.24, 2.45) is 0 Å². The quantitative estimate of drug-likeness (QED) is 0.441. The van der Waals surface area contributed by atoms with Crippen molar-refractivity contribution >= 4 is 21.7 Å². The topological polar surface area (TPSA) is 124 Å². The van der Waals surface area contributed by atoms with Crippen LogP contribution in [-0.2, 0) is 10.0 Å². The van der Waals surface area contributed by atoms with E-state index in [1.165, 1.54) is 36.5 Å². The Labute approximate surface area is 158 Å². The predicted molar refractivity (Wildman–Crippen MR) is 102 cm³/mol. The van der Waals surface area contributed by atoms with Gasteiger partial charge in [0, 0.05) is 31.4 Å². The van der Waals surface area contributed by atoms with Gasteiger partial charge in [-0.1, -0.05) is 12.1 Å². The van der Waals surface area contributed by atoms with E-state index >= 15 is 0 Å². The highest BCUT2D eigenvalue weighted by atomic mass is 32.2. The first-order valence-electron chi connectivity index (χ1n) is 8.05. The number of nitrogens with one attached hydrogen (secondary N) is 3. The first-order chi connectivity index (χ1) is 13.0. The van der Waals surface area contributed by atoms with Gasteiger partial charge in [-0.15, -0.1) is 6.58 Å². The van der Waals surface area contributed by atoms with Gasteiger partial charge in [-0.05, 0) is 30.3 Å². The summed E-state index contributed by atoms with van der Waals surface area (Å²) >= 11 is 0. The van der Waals surface area contributed by atoms with E-state index in [0.717, 1.165) is 0 Å². The number of carbonyl (C=O) groups is 1. The van der Waals surface area contributed by atoms with Gasteiger partial charge in [0.2, 0.25) is 10.0 Å². The Kier molecular flexibility index (Phi) is 7.05. The fourth-order valence-corrected chi connectivity index (χ4v) is 3.23. The molecule has 0 aliphatic rings. The summed E-state index contributed by atoms with van der Waals surface area (Å²) in [4.78, 5) is 16.0. The summed E-state index contributed by atoms with van der Waals surface area (Å²) in [6, 6.07) is 11.0. The molecular formula is C18H19N5O3S. The van der Waals surface area contributed by atoms with Gasteiger partial charge in [-0.2, -0.15) is 5.26 Å². The van der Waals surface area contributed by atoms with Crippen LogP contribution in [-0.4, -0.2) is 38.9 Å². The molecule has 0 unspecified atom stereocenters. The first-order valence-corrected chi connectivity index (χ1v) is 9.54. The van der Waals surface area contributed by atoms with E-state index in [-0.39, 0.29) is 36.0 Å². The van der Waals surface area contributed by atoms with Gasteiger partial charge in [0.05, 0.1) is 10.5 Å². The van der Waals surface area contributed by atoms with E-state index in [9.17, 15) is 13.2 Å². The normalized spacial score (nSPS) is 10.6. The van der Waals surface area contributed by atoms with Crippen molar-refractivity contribution in [3.05, 3.63) is 66.4 Å². The number of aromatic nitrogens is 1. The third-order valence-corrected chi connectivity index (χ3v) is 4.91. The first kappa shape index (κ1) is 20.1. The molecule has 1 aromatic heterocycles. The number of rotatable bonds is 9. The molecule has 0 saturated heterocycles. The Hall–Kier alpha value is -3.22. The van der Waals surface area contributed by atoms with Crippen LogP contribution in [0.1, 0.15) is 15.9 Å². The lowest BCUT2D eigenvalue weighted by molar-refractivity contribution is 0.0958. The average Bonchev–Trinajstić information content (AvgIpc) is 2.69. The van der Waals surface area contributed by atoms with Crippen LogP contribution in [0.15, 0.2) is 60.1 Å². The summed E-state index contributed by atoms with van der Waals surface area (Å²) in [7, 11) is -3.78. The molecule has 2 aromatic rings. The maximum atomic E-state index is 12.4. The highest BCUT2D eigenvalue weighted by Gasteiger charge is 2.15. The molecule has 2 rings (SSSR count). The van der Waals surface area contributed by atoms with Crippen molar-refractivity contribution in [3.63, 3.8) is 0 Å². The van der Waals surface area contributed by atoms with E-state index < -0.39 is 10.0 Å².